The topological polar surface area (TPSA) is 119 Å². The van der Waals surface area contributed by atoms with Gasteiger partial charge in [0, 0.05) is 18.3 Å². The molecule has 0 bridgehead atoms. The van der Waals surface area contributed by atoms with Crippen LogP contribution in [0.15, 0.2) is 59.1 Å². The molecule has 1 aromatic carbocycles. The van der Waals surface area contributed by atoms with Crippen LogP contribution >= 0.6 is 12.2 Å². The number of aromatic nitrogens is 1. The average molecular weight is 495 g/mol. The Morgan fingerprint density at radius 2 is 1.83 bits per heavy atom. The van der Waals surface area contributed by atoms with Crippen LogP contribution in [0.5, 0.6) is 0 Å². The standard InChI is InChI=1S/C25H26N4O5S/c1-28(2)10-5-11-29-22(21(27-25(29)35)18-6-3-4-9-26-18)20-8-7-19(34-20)15-12-16(23(30)31)14-17(13-15)24(32)33/h3-4,6-9,12-14,21-22H,5,10-11H2,1-2H3,(H,27,35)(H,30,31)(H,32,33)/t21-,22+/m0/s1. The summed E-state index contributed by atoms with van der Waals surface area (Å²) in [5.41, 5.74) is 0.932. The molecule has 2 aromatic heterocycles. The van der Waals surface area contributed by atoms with Crippen molar-refractivity contribution >= 4 is 29.3 Å². The Morgan fingerprint density at radius 3 is 2.43 bits per heavy atom. The Hall–Kier alpha value is -3.76. The predicted molar refractivity (Wildman–Crippen MR) is 133 cm³/mol. The lowest BCUT2D eigenvalue weighted by Gasteiger charge is -2.26. The summed E-state index contributed by atoms with van der Waals surface area (Å²) in [6.45, 7) is 1.59. The fourth-order valence-electron chi connectivity index (χ4n) is 4.20. The maximum atomic E-state index is 11.5. The second-order valence-corrected chi connectivity index (χ2v) is 8.97. The number of thiocarbonyl (C=S) groups is 1. The zero-order valence-corrected chi connectivity index (χ0v) is 20.2. The largest absolute Gasteiger partial charge is 0.478 e. The van der Waals surface area contributed by atoms with Crippen molar-refractivity contribution < 1.29 is 24.2 Å². The van der Waals surface area contributed by atoms with Crippen molar-refractivity contribution in [3.8, 4) is 11.3 Å². The summed E-state index contributed by atoms with van der Waals surface area (Å²) in [6.07, 6.45) is 2.61. The minimum atomic E-state index is -1.21. The van der Waals surface area contributed by atoms with E-state index < -0.39 is 11.9 Å². The highest BCUT2D eigenvalue weighted by Crippen LogP contribution is 2.40. The molecule has 1 aliphatic rings. The summed E-state index contributed by atoms with van der Waals surface area (Å²) >= 11 is 5.67. The number of aromatic carboxylic acids is 2. The van der Waals surface area contributed by atoms with E-state index in [0.29, 0.717) is 28.7 Å². The Balaban J connectivity index is 1.72. The first-order valence-electron chi connectivity index (χ1n) is 11.1. The van der Waals surface area contributed by atoms with Gasteiger partial charge in [-0.05, 0) is 81.7 Å². The Morgan fingerprint density at radius 1 is 1.11 bits per heavy atom. The van der Waals surface area contributed by atoms with E-state index in [1.54, 1.807) is 12.3 Å². The number of nitrogens with zero attached hydrogens (tertiary/aromatic N) is 3. The maximum Gasteiger partial charge on any atom is 0.335 e. The van der Waals surface area contributed by atoms with Gasteiger partial charge < -0.3 is 29.7 Å². The smallest absolute Gasteiger partial charge is 0.335 e. The van der Waals surface area contributed by atoms with E-state index in [1.807, 2.05) is 38.4 Å². The number of furan rings is 1. The molecule has 4 rings (SSSR count). The lowest BCUT2D eigenvalue weighted by molar-refractivity contribution is 0.0696. The minimum Gasteiger partial charge on any atom is -0.478 e. The molecule has 35 heavy (non-hydrogen) atoms. The molecule has 3 heterocycles. The molecule has 10 heteroatoms. The van der Waals surface area contributed by atoms with Gasteiger partial charge in [-0.25, -0.2) is 9.59 Å². The zero-order chi connectivity index (χ0) is 25.1. The third kappa shape index (κ3) is 5.33. The van der Waals surface area contributed by atoms with E-state index in [2.05, 4.69) is 20.1 Å². The van der Waals surface area contributed by atoms with Gasteiger partial charge >= 0.3 is 11.9 Å². The molecule has 0 saturated carbocycles. The van der Waals surface area contributed by atoms with E-state index >= 15 is 0 Å². The monoisotopic (exact) mass is 494 g/mol. The van der Waals surface area contributed by atoms with E-state index in [0.717, 1.165) is 24.7 Å². The molecule has 0 radical (unpaired) electrons. The fourth-order valence-corrected chi connectivity index (χ4v) is 4.53. The van der Waals surface area contributed by atoms with Crippen molar-refractivity contribution in [2.24, 2.45) is 0 Å². The first kappa shape index (κ1) is 24.4. The SMILES string of the molecule is CN(C)CCCN1C(=S)N[C@@H](c2ccccn2)[C@H]1c1ccc(-c2cc(C(=O)O)cc(C(=O)O)c2)o1. The van der Waals surface area contributed by atoms with Crippen LogP contribution in [0.25, 0.3) is 11.3 Å². The number of benzene rings is 1. The summed E-state index contributed by atoms with van der Waals surface area (Å²) in [4.78, 5) is 31.8. The van der Waals surface area contributed by atoms with Crippen LogP contribution in [-0.2, 0) is 0 Å². The van der Waals surface area contributed by atoms with E-state index in [9.17, 15) is 19.8 Å². The zero-order valence-electron chi connectivity index (χ0n) is 19.3. The number of carboxylic acids is 2. The molecule has 2 atom stereocenters. The van der Waals surface area contributed by atoms with Crippen molar-refractivity contribution in [1.82, 2.24) is 20.1 Å². The van der Waals surface area contributed by atoms with Crippen molar-refractivity contribution in [3.05, 3.63) is 77.3 Å². The van der Waals surface area contributed by atoms with Crippen LogP contribution in [0.3, 0.4) is 0 Å². The van der Waals surface area contributed by atoms with Crippen molar-refractivity contribution in [2.45, 2.75) is 18.5 Å². The first-order valence-corrected chi connectivity index (χ1v) is 11.5. The van der Waals surface area contributed by atoms with Crippen LogP contribution in [0.4, 0.5) is 0 Å². The normalized spacial score (nSPS) is 17.6. The van der Waals surface area contributed by atoms with Gasteiger partial charge in [0.1, 0.15) is 17.6 Å². The molecule has 1 saturated heterocycles. The second-order valence-electron chi connectivity index (χ2n) is 8.59. The number of carboxylic acid groups (broad SMARTS) is 2. The average Bonchev–Trinajstić information content (AvgIpc) is 3.44. The Labute approximate surface area is 208 Å². The summed E-state index contributed by atoms with van der Waals surface area (Å²) in [5.74, 6) is -1.44. The van der Waals surface area contributed by atoms with Gasteiger partial charge in [0.05, 0.1) is 22.9 Å². The highest BCUT2D eigenvalue weighted by atomic mass is 32.1. The number of carbonyl (C=O) groups is 2. The van der Waals surface area contributed by atoms with Gasteiger partial charge in [0.2, 0.25) is 0 Å². The van der Waals surface area contributed by atoms with Crippen LogP contribution in [0, 0.1) is 0 Å². The third-order valence-corrected chi connectivity index (χ3v) is 6.18. The lowest BCUT2D eigenvalue weighted by atomic mass is 10.0. The van der Waals surface area contributed by atoms with E-state index in [-0.39, 0.29) is 23.2 Å². The Bertz CT molecular complexity index is 1210. The van der Waals surface area contributed by atoms with Gasteiger partial charge in [-0.1, -0.05) is 6.07 Å². The van der Waals surface area contributed by atoms with E-state index in [4.69, 9.17) is 16.6 Å². The molecular weight excluding hydrogens is 468 g/mol. The molecule has 3 N–H and O–H groups in total. The molecule has 0 aliphatic carbocycles. The second kappa shape index (κ2) is 10.2. The Kier molecular flexibility index (Phi) is 7.13. The number of hydrogen-bond donors (Lipinski definition) is 3. The number of rotatable bonds is 9. The van der Waals surface area contributed by atoms with Crippen LogP contribution in [0.2, 0.25) is 0 Å². The number of nitrogens with one attached hydrogen (secondary N) is 1. The van der Waals surface area contributed by atoms with Crippen LogP contribution in [0.1, 0.15) is 50.7 Å². The predicted octanol–water partition coefficient (Wildman–Crippen LogP) is 3.66. The van der Waals surface area contributed by atoms with Gasteiger partial charge in [0.15, 0.2) is 5.11 Å². The minimum absolute atomic E-state index is 0.127. The lowest BCUT2D eigenvalue weighted by Crippen LogP contribution is -2.32. The first-order chi connectivity index (χ1) is 16.7. The molecule has 9 nitrogen and oxygen atoms in total. The van der Waals surface area contributed by atoms with Gasteiger partial charge in [-0.3, -0.25) is 4.98 Å². The van der Waals surface area contributed by atoms with Crippen LogP contribution < -0.4 is 5.32 Å². The quantitative estimate of drug-likeness (QED) is 0.380. The van der Waals surface area contributed by atoms with Crippen molar-refractivity contribution in [1.29, 1.82) is 0 Å². The highest BCUT2D eigenvalue weighted by Gasteiger charge is 2.41. The number of pyridine rings is 1. The molecular formula is C25H26N4O5S. The fraction of sp³-hybridized carbons (Fsp3) is 0.280. The summed E-state index contributed by atoms with van der Waals surface area (Å²) in [5, 5.41) is 22.8. The van der Waals surface area contributed by atoms with E-state index in [1.165, 1.54) is 12.1 Å². The molecule has 0 unspecified atom stereocenters. The van der Waals surface area contributed by atoms with Crippen molar-refractivity contribution in [2.75, 3.05) is 27.2 Å². The summed E-state index contributed by atoms with van der Waals surface area (Å²) in [7, 11) is 4.04. The van der Waals surface area contributed by atoms with Gasteiger partial charge in [-0.15, -0.1) is 0 Å². The molecule has 1 fully saturated rings. The number of hydrogen-bond acceptors (Lipinski definition) is 6. The molecule has 3 aromatic rings. The summed E-state index contributed by atoms with van der Waals surface area (Å²) < 4.78 is 6.22. The summed E-state index contributed by atoms with van der Waals surface area (Å²) in [6, 6.07) is 12.6. The van der Waals surface area contributed by atoms with Gasteiger partial charge in [0.25, 0.3) is 0 Å². The molecule has 0 spiro atoms. The maximum absolute atomic E-state index is 11.5. The highest BCUT2D eigenvalue weighted by molar-refractivity contribution is 7.80. The van der Waals surface area contributed by atoms with Crippen LogP contribution in [-0.4, -0.2) is 69.2 Å². The van der Waals surface area contributed by atoms with Gasteiger partial charge in [-0.2, -0.15) is 0 Å². The third-order valence-electron chi connectivity index (χ3n) is 5.83. The van der Waals surface area contributed by atoms with Crippen molar-refractivity contribution in [3.63, 3.8) is 0 Å². The molecule has 0 amide bonds. The molecule has 1 aliphatic heterocycles. The molecule has 182 valence electrons.